The number of morpholine rings is 1. The van der Waals surface area contributed by atoms with E-state index in [9.17, 15) is 0 Å². The van der Waals surface area contributed by atoms with Gasteiger partial charge in [-0.25, -0.2) is 0 Å². The Labute approximate surface area is 140 Å². The van der Waals surface area contributed by atoms with Gasteiger partial charge in [-0.2, -0.15) is 0 Å². The van der Waals surface area contributed by atoms with E-state index in [0.29, 0.717) is 0 Å². The first-order valence-electron chi connectivity index (χ1n) is 7.47. The molecule has 1 saturated heterocycles. The van der Waals surface area contributed by atoms with E-state index in [0.717, 1.165) is 36.5 Å². The Kier molecular flexibility index (Phi) is 5.13. The Morgan fingerprint density at radius 3 is 2.55 bits per heavy atom. The van der Waals surface area contributed by atoms with Crippen molar-refractivity contribution in [1.82, 2.24) is 4.90 Å². The van der Waals surface area contributed by atoms with Crippen LogP contribution in [0.25, 0.3) is 0 Å². The zero-order valence-electron chi connectivity index (χ0n) is 12.7. The molecule has 22 heavy (non-hydrogen) atoms. The molecule has 0 N–H and O–H groups in total. The molecule has 0 spiro atoms. The maximum Gasteiger partial charge on any atom is 0.118 e. The molecule has 3 nitrogen and oxygen atoms in total. The molecule has 0 aromatic heterocycles. The Morgan fingerprint density at radius 1 is 1.14 bits per heavy atom. The van der Waals surface area contributed by atoms with Crippen LogP contribution in [-0.4, -0.2) is 31.7 Å². The van der Waals surface area contributed by atoms with Gasteiger partial charge in [-0.15, -0.1) is 0 Å². The van der Waals surface area contributed by atoms with Crippen LogP contribution in [0.15, 0.2) is 53.0 Å². The van der Waals surface area contributed by atoms with Gasteiger partial charge in [-0.05, 0) is 35.4 Å². The molecule has 3 rings (SSSR count). The van der Waals surface area contributed by atoms with Gasteiger partial charge in [0.1, 0.15) is 5.75 Å². The highest BCUT2D eigenvalue weighted by atomic mass is 79.9. The largest absolute Gasteiger partial charge is 0.497 e. The van der Waals surface area contributed by atoms with Gasteiger partial charge < -0.3 is 9.47 Å². The van der Waals surface area contributed by atoms with Crippen LogP contribution in [0, 0.1) is 0 Å². The first-order chi connectivity index (χ1) is 10.7. The van der Waals surface area contributed by atoms with Crippen LogP contribution in [0.1, 0.15) is 17.2 Å². The van der Waals surface area contributed by atoms with Gasteiger partial charge in [-0.3, -0.25) is 4.90 Å². The fourth-order valence-electron chi connectivity index (χ4n) is 2.71. The highest BCUT2D eigenvalue weighted by molar-refractivity contribution is 9.10. The van der Waals surface area contributed by atoms with Crippen LogP contribution in [0.2, 0.25) is 0 Å². The van der Waals surface area contributed by atoms with E-state index in [2.05, 4.69) is 57.2 Å². The van der Waals surface area contributed by atoms with Crippen molar-refractivity contribution in [2.75, 3.05) is 26.8 Å². The van der Waals surface area contributed by atoms with Gasteiger partial charge in [0.15, 0.2) is 0 Å². The summed E-state index contributed by atoms with van der Waals surface area (Å²) < 4.78 is 12.2. The zero-order chi connectivity index (χ0) is 15.4. The Bertz CT molecular complexity index is 597. The van der Waals surface area contributed by atoms with E-state index in [1.165, 1.54) is 11.1 Å². The summed E-state index contributed by atoms with van der Waals surface area (Å²) in [6.07, 6.45) is 0.153. The SMILES string of the molecule is COc1ccc(CN2CCO[C@@H](c3ccc(Br)cc3)C2)cc1. The molecule has 0 amide bonds. The van der Waals surface area contributed by atoms with Gasteiger partial charge in [0, 0.05) is 24.1 Å². The molecule has 1 aliphatic rings. The van der Waals surface area contributed by atoms with E-state index in [-0.39, 0.29) is 6.10 Å². The number of hydrogen-bond acceptors (Lipinski definition) is 3. The summed E-state index contributed by atoms with van der Waals surface area (Å²) in [5.74, 6) is 0.901. The number of benzene rings is 2. The minimum atomic E-state index is 0.153. The highest BCUT2D eigenvalue weighted by Crippen LogP contribution is 2.25. The lowest BCUT2D eigenvalue weighted by Gasteiger charge is -2.33. The smallest absolute Gasteiger partial charge is 0.118 e. The van der Waals surface area contributed by atoms with Crippen LogP contribution in [0.5, 0.6) is 5.75 Å². The van der Waals surface area contributed by atoms with E-state index in [1.54, 1.807) is 7.11 Å². The number of halogens is 1. The first-order valence-corrected chi connectivity index (χ1v) is 8.26. The third-order valence-corrected chi connectivity index (χ3v) is 4.49. The van der Waals surface area contributed by atoms with Crippen molar-refractivity contribution in [3.05, 3.63) is 64.1 Å². The predicted octanol–water partition coefficient (Wildman–Crippen LogP) is 4.03. The Morgan fingerprint density at radius 2 is 1.86 bits per heavy atom. The van der Waals surface area contributed by atoms with Crippen molar-refractivity contribution in [3.8, 4) is 5.75 Å². The van der Waals surface area contributed by atoms with Crippen molar-refractivity contribution in [1.29, 1.82) is 0 Å². The normalized spacial score (nSPS) is 19.1. The molecule has 0 saturated carbocycles. The molecule has 2 aromatic carbocycles. The fraction of sp³-hybridized carbons (Fsp3) is 0.333. The van der Waals surface area contributed by atoms with E-state index in [4.69, 9.17) is 9.47 Å². The minimum Gasteiger partial charge on any atom is -0.497 e. The molecule has 0 aliphatic carbocycles. The lowest BCUT2D eigenvalue weighted by Crippen LogP contribution is -2.37. The summed E-state index contributed by atoms with van der Waals surface area (Å²) in [5, 5.41) is 0. The van der Waals surface area contributed by atoms with E-state index in [1.807, 2.05) is 12.1 Å². The predicted molar refractivity (Wildman–Crippen MR) is 91.1 cm³/mol. The zero-order valence-corrected chi connectivity index (χ0v) is 14.3. The molecule has 1 heterocycles. The maximum absolute atomic E-state index is 5.93. The number of rotatable bonds is 4. The molecule has 116 valence electrons. The second-order valence-electron chi connectivity index (χ2n) is 5.49. The van der Waals surface area contributed by atoms with Crippen LogP contribution < -0.4 is 4.74 Å². The lowest BCUT2D eigenvalue weighted by atomic mass is 10.1. The molecule has 0 radical (unpaired) electrons. The molecule has 1 aliphatic heterocycles. The highest BCUT2D eigenvalue weighted by Gasteiger charge is 2.21. The summed E-state index contributed by atoms with van der Waals surface area (Å²) in [6.45, 7) is 3.62. The molecule has 1 fully saturated rings. The van der Waals surface area contributed by atoms with Gasteiger partial charge in [-0.1, -0.05) is 40.2 Å². The lowest BCUT2D eigenvalue weighted by molar-refractivity contribution is -0.0329. The Balaban J connectivity index is 1.63. The molecule has 2 aromatic rings. The number of ether oxygens (including phenoxy) is 2. The topological polar surface area (TPSA) is 21.7 Å². The van der Waals surface area contributed by atoms with Crippen molar-refractivity contribution in [2.45, 2.75) is 12.6 Å². The standard InChI is InChI=1S/C18H20BrNO2/c1-21-17-8-2-14(3-9-17)12-20-10-11-22-18(13-20)15-4-6-16(19)7-5-15/h2-9,18H,10-13H2,1H3/t18-/m1/s1. The van der Waals surface area contributed by atoms with Crippen LogP contribution >= 0.6 is 15.9 Å². The summed E-state index contributed by atoms with van der Waals surface area (Å²) in [5.41, 5.74) is 2.54. The second-order valence-corrected chi connectivity index (χ2v) is 6.41. The van der Waals surface area contributed by atoms with Crippen molar-refractivity contribution in [3.63, 3.8) is 0 Å². The monoisotopic (exact) mass is 361 g/mol. The number of nitrogens with zero attached hydrogens (tertiary/aromatic N) is 1. The number of methoxy groups -OCH3 is 1. The summed E-state index contributed by atoms with van der Waals surface area (Å²) in [6, 6.07) is 16.7. The third kappa shape index (κ3) is 3.88. The average Bonchev–Trinajstić information content (AvgIpc) is 2.56. The molecule has 1 atom stereocenters. The molecular weight excluding hydrogens is 342 g/mol. The summed E-state index contributed by atoms with van der Waals surface area (Å²) >= 11 is 3.48. The third-order valence-electron chi connectivity index (χ3n) is 3.96. The maximum atomic E-state index is 5.93. The quantitative estimate of drug-likeness (QED) is 0.820. The van der Waals surface area contributed by atoms with Crippen molar-refractivity contribution < 1.29 is 9.47 Å². The van der Waals surface area contributed by atoms with Crippen LogP contribution in [0.3, 0.4) is 0 Å². The number of hydrogen-bond donors (Lipinski definition) is 0. The van der Waals surface area contributed by atoms with E-state index >= 15 is 0 Å². The first kappa shape index (κ1) is 15.5. The van der Waals surface area contributed by atoms with Gasteiger partial charge in [0.05, 0.1) is 19.8 Å². The van der Waals surface area contributed by atoms with Crippen LogP contribution in [0.4, 0.5) is 0 Å². The van der Waals surface area contributed by atoms with Gasteiger partial charge in [0.2, 0.25) is 0 Å². The fourth-order valence-corrected chi connectivity index (χ4v) is 2.98. The molecule has 0 unspecified atom stereocenters. The molecular formula is C18H20BrNO2. The Hall–Kier alpha value is -1.36. The average molecular weight is 362 g/mol. The van der Waals surface area contributed by atoms with E-state index < -0.39 is 0 Å². The summed E-state index contributed by atoms with van der Waals surface area (Å²) in [4.78, 5) is 2.44. The molecule has 4 heteroatoms. The van der Waals surface area contributed by atoms with Crippen LogP contribution in [-0.2, 0) is 11.3 Å². The van der Waals surface area contributed by atoms with Gasteiger partial charge >= 0.3 is 0 Å². The van der Waals surface area contributed by atoms with Gasteiger partial charge in [0.25, 0.3) is 0 Å². The minimum absolute atomic E-state index is 0.153. The summed E-state index contributed by atoms with van der Waals surface area (Å²) in [7, 11) is 1.69. The second kappa shape index (κ2) is 7.27. The molecule has 0 bridgehead atoms. The van der Waals surface area contributed by atoms with Crippen molar-refractivity contribution >= 4 is 15.9 Å². The van der Waals surface area contributed by atoms with Crippen molar-refractivity contribution in [2.24, 2.45) is 0 Å².